The highest BCUT2D eigenvalue weighted by atomic mass is 32.2. The van der Waals surface area contributed by atoms with Crippen molar-refractivity contribution in [3.05, 3.63) is 90.0 Å². The Morgan fingerprint density at radius 2 is 1.55 bits per heavy atom. The summed E-state index contributed by atoms with van der Waals surface area (Å²) in [6.45, 7) is 4.06. The molecule has 3 aromatic carbocycles. The third kappa shape index (κ3) is 6.67. The molecule has 0 heterocycles. The van der Waals surface area contributed by atoms with E-state index in [0.29, 0.717) is 23.6 Å². The zero-order valence-corrected chi connectivity index (χ0v) is 18.4. The van der Waals surface area contributed by atoms with Gasteiger partial charge in [-0.2, -0.15) is 0 Å². The van der Waals surface area contributed by atoms with Gasteiger partial charge in [0.2, 0.25) is 10.0 Å². The van der Waals surface area contributed by atoms with Crippen LogP contribution in [0.1, 0.15) is 29.8 Å². The first kappa shape index (κ1) is 22.5. The normalized spacial score (nSPS) is 11.3. The number of amides is 1. The van der Waals surface area contributed by atoms with E-state index in [2.05, 4.69) is 22.2 Å². The lowest BCUT2D eigenvalue weighted by molar-refractivity contribution is 0.102. The van der Waals surface area contributed by atoms with Crippen LogP contribution < -0.4 is 14.8 Å². The minimum absolute atomic E-state index is 0.149. The Hall–Kier alpha value is -3.16. The van der Waals surface area contributed by atoms with E-state index in [1.165, 1.54) is 17.7 Å². The molecule has 162 valence electrons. The molecule has 2 N–H and O–H groups in total. The number of anilines is 1. The first-order valence-corrected chi connectivity index (χ1v) is 11.5. The van der Waals surface area contributed by atoms with Crippen LogP contribution in [0.2, 0.25) is 0 Å². The highest BCUT2D eigenvalue weighted by Gasteiger charge is 2.15. The van der Waals surface area contributed by atoms with Crippen molar-refractivity contribution >= 4 is 21.6 Å². The van der Waals surface area contributed by atoms with Gasteiger partial charge in [-0.05, 0) is 67.9 Å². The fraction of sp³-hybridized carbons (Fsp3) is 0.208. The largest absolute Gasteiger partial charge is 0.493 e. The summed E-state index contributed by atoms with van der Waals surface area (Å²) in [7, 11) is -3.56. The molecule has 0 radical (unpaired) electrons. The number of hydrogen-bond acceptors (Lipinski definition) is 4. The smallest absolute Gasteiger partial charge is 0.255 e. The number of hydrogen-bond donors (Lipinski definition) is 2. The van der Waals surface area contributed by atoms with Gasteiger partial charge >= 0.3 is 0 Å². The van der Waals surface area contributed by atoms with Crippen LogP contribution in [0.4, 0.5) is 5.69 Å². The van der Waals surface area contributed by atoms with E-state index in [9.17, 15) is 13.2 Å². The molecule has 0 aliphatic rings. The highest BCUT2D eigenvalue weighted by molar-refractivity contribution is 7.89. The molecule has 0 bridgehead atoms. The van der Waals surface area contributed by atoms with Crippen LogP contribution in [0.5, 0.6) is 5.75 Å². The number of carbonyl (C=O) groups excluding carboxylic acids is 1. The molecule has 31 heavy (non-hydrogen) atoms. The van der Waals surface area contributed by atoms with Gasteiger partial charge in [0.05, 0.1) is 11.5 Å². The number of rotatable bonds is 9. The van der Waals surface area contributed by atoms with Crippen molar-refractivity contribution in [3.8, 4) is 5.75 Å². The van der Waals surface area contributed by atoms with Gasteiger partial charge in [0, 0.05) is 23.7 Å². The van der Waals surface area contributed by atoms with Gasteiger partial charge in [0.15, 0.2) is 0 Å². The Labute approximate surface area is 183 Å². The van der Waals surface area contributed by atoms with E-state index in [-0.39, 0.29) is 16.8 Å². The molecule has 0 fully saturated rings. The van der Waals surface area contributed by atoms with Crippen molar-refractivity contribution in [2.45, 2.75) is 31.2 Å². The van der Waals surface area contributed by atoms with Gasteiger partial charge in [-0.1, -0.05) is 30.3 Å². The van der Waals surface area contributed by atoms with E-state index in [1.54, 1.807) is 50.2 Å². The van der Waals surface area contributed by atoms with Gasteiger partial charge in [-0.15, -0.1) is 0 Å². The number of nitrogens with one attached hydrogen (secondary N) is 2. The Bertz CT molecular complexity index is 1090. The summed E-state index contributed by atoms with van der Waals surface area (Å²) in [4.78, 5) is 12.6. The van der Waals surface area contributed by atoms with Crippen LogP contribution in [0.25, 0.3) is 0 Å². The molecule has 0 saturated heterocycles. The minimum atomic E-state index is -3.56. The Morgan fingerprint density at radius 3 is 2.16 bits per heavy atom. The zero-order valence-electron chi connectivity index (χ0n) is 17.5. The standard InChI is InChI=1S/C24H26N2O4S/c1-18(2)26-31(28,29)23-14-10-21(11-15-23)25-24(27)20-8-12-22(13-9-20)30-17-16-19-6-4-3-5-7-19/h3-15,18,26H,16-17H2,1-2H3,(H,25,27). The fourth-order valence-electron chi connectivity index (χ4n) is 2.93. The van der Waals surface area contributed by atoms with Crippen LogP contribution >= 0.6 is 0 Å². The van der Waals surface area contributed by atoms with Crippen molar-refractivity contribution in [1.29, 1.82) is 0 Å². The molecule has 0 aliphatic carbocycles. The molecule has 6 nitrogen and oxygen atoms in total. The maximum absolute atomic E-state index is 12.5. The summed E-state index contributed by atoms with van der Waals surface area (Å²) in [5.41, 5.74) is 2.20. The average molecular weight is 439 g/mol. The third-order valence-corrected chi connectivity index (χ3v) is 6.11. The van der Waals surface area contributed by atoms with Crippen LogP contribution in [-0.4, -0.2) is 27.0 Å². The van der Waals surface area contributed by atoms with Crippen LogP contribution in [0.3, 0.4) is 0 Å². The maximum Gasteiger partial charge on any atom is 0.255 e. The van der Waals surface area contributed by atoms with Gasteiger partial charge in [-0.25, -0.2) is 13.1 Å². The summed E-state index contributed by atoms with van der Waals surface area (Å²) < 4.78 is 32.6. The molecule has 1 amide bonds. The molecule has 0 atom stereocenters. The monoisotopic (exact) mass is 438 g/mol. The predicted molar refractivity (Wildman–Crippen MR) is 122 cm³/mol. The van der Waals surface area contributed by atoms with Crippen molar-refractivity contribution in [2.75, 3.05) is 11.9 Å². The molecule has 0 aliphatic heterocycles. The highest BCUT2D eigenvalue weighted by Crippen LogP contribution is 2.17. The quantitative estimate of drug-likeness (QED) is 0.523. The molecule has 7 heteroatoms. The fourth-order valence-corrected chi connectivity index (χ4v) is 4.18. The van der Waals surface area contributed by atoms with E-state index in [4.69, 9.17) is 4.74 Å². The molecule has 3 aromatic rings. The second-order valence-electron chi connectivity index (χ2n) is 7.36. The second kappa shape index (κ2) is 10.2. The van der Waals surface area contributed by atoms with E-state index in [1.807, 2.05) is 18.2 Å². The van der Waals surface area contributed by atoms with Crippen LogP contribution in [-0.2, 0) is 16.4 Å². The minimum Gasteiger partial charge on any atom is -0.493 e. The molecule has 0 aromatic heterocycles. The SMILES string of the molecule is CC(C)NS(=O)(=O)c1ccc(NC(=O)c2ccc(OCCc3ccccc3)cc2)cc1. The Morgan fingerprint density at radius 1 is 0.903 bits per heavy atom. The lowest BCUT2D eigenvalue weighted by Gasteiger charge is -2.11. The van der Waals surface area contributed by atoms with E-state index in [0.717, 1.165) is 6.42 Å². The summed E-state index contributed by atoms with van der Waals surface area (Å²) in [6, 6.07) is 22.8. The van der Waals surface area contributed by atoms with Gasteiger partial charge in [0.1, 0.15) is 5.75 Å². The molecule has 0 saturated carbocycles. The Balaban J connectivity index is 1.54. The maximum atomic E-state index is 12.5. The third-order valence-electron chi connectivity index (χ3n) is 4.43. The summed E-state index contributed by atoms with van der Waals surface area (Å²) in [5, 5.41) is 2.77. The lowest BCUT2D eigenvalue weighted by Crippen LogP contribution is -2.30. The van der Waals surface area contributed by atoms with Crippen molar-refractivity contribution in [3.63, 3.8) is 0 Å². The number of benzene rings is 3. The van der Waals surface area contributed by atoms with Crippen molar-refractivity contribution in [1.82, 2.24) is 4.72 Å². The summed E-state index contributed by atoms with van der Waals surface area (Å²) in [6.07, 6.45) is 0.807. The number of sulfonamides is 1. The van der Waals surface area contributed by atoms with Gasteiger partial charge in [-0.3, -0.25) is 4.79 Å². The molecule has 3 rings (SSSR count). The van der Waals surface area contributed by atoms with E-state index >= 15 is 0 Å². The van der Waals surface area contributed by atoms with E-state index < -0.39 is 10.0 Å². The average Bonchev–Trinajstić information content (AvgIpc) is 2.74. The van der Waals surface area contributed by atoms with Crippen LogP contribution in [0.15, 0.2) is 83.8 Å². The summed E-state index contributed by atoms with van der Waals surface area (Å²) >= 11 is 0. The predicted octanol–water partition coefficient (Wildman–Crippen LogP) is 4.25. The molecular weight excluding hydrogens is 412 g/mol. The first-order valence-electron chi connectivity index (χ1n) is 10.0. The number of ether oxygens (including phenoxy) is 1. The lowest BCUT2D eigenvalue weighted by atomic mass is 10.2. The van der Waals surface area contributed by atoms with Crippen molar-refractivity contribution in [2.24, 2.45) is 0 Å². The first-order chi connectivity index (χ1) is 14.8. The van der Waals surface area contributed by atoms with Crippen LogP contribution in [0, 0.1) is 0 Å². The van der Waals surface area contributed by atoms with Gasteiger partial charge in [0.25, 0.3) is 5.91 Å². The van der Waals surface area contributed by atoms with Crippen molar-refractivity contribution < 1.29 is 17.9 Å². The number of carbonyl (C=O) groups is 1. The molecule has 0 spiro atoms. The zero-order chi connectivity index (χ0) is 22.3. The summed E-state index contributed by atoms with van der Waals surface area (Å²) in [5.74, 6) is 0.409. The second-order valence-corrected chi connectivity index (χ2v) is 9.08. The Kier molecular flexibility index (Phi) is 7.44. The topological polar surface area (TPSA) is 84.5 Å². The molecular formula is C24H26N2O4S. The van der Waals surface area contributed by atoms with Gasteiger partial charge < -0.3 is 10.1 Å². The molecule has 0 unspecified atom stereocenters.